The molecule has 0 aliphatic heterocycles. The van der Waals surface area contributed by atoms with Gasteiger partial charge in [0.2, 0.25) is 0 Å². The van der Waals surface area contributed by atoms with Gasteiger partial charge in [-0.3, -0.25) is 0 Å². The lowest BCUT2D eigenvalue weighted by Crippen LogP contribution is -2.32. The fourth-order valence-electron chi connectivity index (χ4n) is 1.06. The fourth-order valence-corrected chi connectivity index (χ4v) is 1.51. The van der Waals surface area contributed by atoms with Crippen molar-refractivity contribution in [2.75, 3.05) is 6.54 Å². The van der Waals surface area contributed by atoms with Crippen molar-refractivity contribution in [3.63, 3.8) is 0 Å². The number of hydroxylamine groups is 1. The molecule has 7 heteroatoms. The number of rotatable bonds is 4. The number of halogens is 4. The normalized spacial score (nSPS) is 11.3. The number of hydrogen-bond donors (Lipinski definition) is 1. The molecule has 0 unspecified atom stereocenters. The van der Waals surface area contributed by atoms with Crippen LogP contribution in [0, 0.1) is 0 Å². The molecule has 0 saturated heterocycles. The quantitative estimate of drug-likeness (QED) is 0.686. The Hall–Kier alpha value is -1.08. The molecule has 3 nitrogen and oxygen atoms in total. The van der Waals surface area contributed by atoms with E-state index in [4.69, 9.17) is 0 Å². The lowest BCUT2D eigenvalue weighted by atomic mass is 10.2. The summed E-state index contributed by atoms with van der Waals surface area (Å²) in [7, 11) is 0. The molecule has 1 aromatic rings. The molecule has 0 spiro atoms. The van der Waals surface area contributed by atoms with Gasteiger partial charge in [-0.1, -0.05) is 28.1 Å². The van der Waals surface area contributed by atoms with E-state index in [9.17, 15) is 18.0 Å². The molecule has 0 saturated carbocycles. The highest BCUT2D eigenvalue weighted by Crippen LogP contribution is 2.15. The van der Waals surface area contributed by atoms with E-state index < -0.39 is 12.1 Å². The zero-order chi connectivity index (χ0) is 12.9. The molecule has 1 aromatic carbocycles. The highest BCUT2D eigenvalue weighted by atomic mass is 79.9. The van der Waals surface area contributed by atoms with E-state index in [0.29, 0.717) is 6.42 Å². The third-order valence-electron chi connectivity index (χ3n) is 1.80. The van der Waals surface area contributed by atoms with Crippen LogP contribution in [-0.2, 0) is 16.1 Å². The molecule has 1 rings (SSSR count). The average Bonchev–Trinajstić information content (AvgIpc) is 2.23. The Bertz CT molecular complexity index is 395. The Morgan fingerprint density at radius 2 is 2.12 bits per heavy atom. The van der Waals surface area contributed by atoms with Crippen LogP contribution >= 0.6 is 15.9 Å². The zero-order valence-corrected chi connectivity index (χ0v) is 10.1. The van der Waals surface area contributed by atoms with Crippen LogP contribution in [0.15, 0.2) is 28.7 Å². The second-order valence-corrected chi connectivity index (χ2v) is 4.08. The topological polar surface area (TPSA) is 38.3 Å². The van der Waals surface area contributed by atoms with Gasteiger partial charge in [0, 0.05) is 11.0 Å². The summed E-state index contributed by atoms with van der Waals surface area (Å²) >= 11 is 3.27. The SMILES string of the molecule is O=C(ONCCc1cccc(Br)c1)C(F)(F)F. The number of carbonyl (C=O) groups excluding carboxylic acids is 1. The van der Waals surface area contributed by atoms with Crippen molar-refractivity contribution in [3.05, 3.63) is 34.3 Å². The minimum Gasteiger partial charge on any atom is -0.364 e. The van der Waals surface area contributed by atoms with Gasteiger partial charge in [-0.25, -0.2) is 4.79 Å². The first-order chi connectivity index (χ1) is 7.89. The van der Waals surface area contributed by atoms with Crippen LogP contribution in [-0.4, -0.2) is 18.7 Å². The summed E-state index contributed by atoms with van der Waals surface area (Å²) in [6.07, 6.45) is -4.52. The van der Waals surface area contributed by atoms with Crippen LogP contribution in [0.2, 0.25) is 0 Å². The van der Waals surface area contributed by atoms with Gasteiger partial charge < -0.3 is 4.84 Å². The van der Waals surface area contributed by atoms with Crippen LogP contribution in [0.5, 0.6) is 0 Å². The van der Waals surface area contributed by atoms with Crippen LogP contribution in [0.25, 0.3) is 0 Å². The van der Waals surface area contributed by atoms with Crippen molar-refractivity contribution in [2.24, 2.45) is 0 Å². The van der Waals surface area contributed by atoms with Gasteiger partial charge in [0.05, 0.1) is 0 Å². The van der Waals surface area contributed by atoms with Crippen LogP contribution in [0.4, 0.5) is 13.2 Å². The predicted molar refractivity (Wildman–Crippen MR) is 58.0 cm³/mol. The molecule has 0 bridgehead atoms. The maximum absolute atomic E-state index is 11.7. The first-order valence-corrected chi connectivity index (χ1v) is 5.44. The average molecular weight is 312 g/mol. The van der Waals surface area contributed by atoms with Gasteiger partial charge in [0.15, 0.2) is 0 Å². The molecule has 94 valence electrons. The zero-order valence-electron chi connectivity index (χ0n) is 8.55. The van der Waals surface area contributed by atoms with Gasteiger partial charge in [-0.15, -0.1) is 0 Å². The van der Waals surface area contributed by atoms with Crippen LogP contribution < -0.4 is 5.48 Å². The Balaban J connectivity index is 2.28. The van der Waals surface area contributed by atoms with E-state index in [1.165, 1.54) is 0 Å². The van der Waals surface area contributed by atoms with Gasteiger partial charge in [0.25, 0.3) is 0 Å². The Morgan fingerprint density at radius 1 is 1.41 bits per heavy atom. The lowest BCUT2D eigenvalue weighted by molar-refractivity contribution is -0.206. The molecule has 17 heavy (non-hydrogen) atoms. The summed E-state index contributed by atoms with van der Waals surface area (Å²) in [4.78, 5) is 14.1. The minimum absolute atomic E-state index is 0.109. The summed E-state index contributed by atoms with van der Waals surface area (Å²) in [5.41, 5.74) is 2.89. The number of nitrogens with one attached hydrogen (secondary N) is 1. The largest absolute Gasteiger partial charge is 0.492 e. The third kappa shape index (κ3) is 5.18. The van der Waals surface area contributed by atoms with Crippen molar-refractivity contribution in [1.29, 1.82) is 0 Å². The molecule has 0 atom stereocenters. The molecular formula is C10H9BrF3NO2. The van der Waals surface area contributed by atoms with Crippen LogP contribution in [0.3, 0.4) is 0 Å². The Kier molecular flexibility index (Phi) is 4.95. The predicted octanol–water partition coefficient (Wildman–Crippen LogP) is 2.60. The summed E-state index contributed by atoms with van der Waals surface area (Å²) < 4.78 is 36.1. The molecule has 0 heterocycles. The minimum atomic E-state index is -4.97. The Labute approximate surface area is 104 Å². The lowest BCUT2D eigenvalue weighted by Gasteiger charge is -2.07. The Morgan fingerprint density at radius 3 is 2.71 bits per heavy atom. The van der Waals surface area contributed by atoms with E-state index in [1.807, 2.05) is 23.7 Å². The van der Waals surface area contributed by atoms with E-state index >= 15 is 0 Å². The van der Waals surface area contributed by atoms with Crippen molar-refractivity contribution >= 4 is 21.9 Å². The van der Waals surface area contributed by atoms with Crippen molar-refractivity contribution < 1.29 is 22.8 Å². The molecule has 0 aromatic heterocycles. The van der Waals surface area contributed by atoms with Crippen molar-refractivity contribution in [1.82, 2.24) is 5.48 Å². The number of benzene rings is 1. The highest BCUT2D eigenvalue weighted by Gasteiger charge is 2.41. The number of carbonyl (C=O) groups is 1. The van der Waals surface area contributed by atoms with Gasteiger partial charge in [-0.05, 0) is 24.1 Å². The smallest absolute Gasteiger partial charge is 0.364 e. The van der Waals surface area contributed by atoms with Crippen molar-refractivity contribution in [3.8, 4) is 0 Å². The van der Waals surface area contributed by atoms with Crippen LogP contribution in [0.1, 0.15) is 5.56 Å². The van der Waals surface area contributed by atoms with Crippen molar-refractivity contribution in [2.45, 2.75) is 12.6 Å². The highest BCUT2D eigenvalue weighted by molar-refractivity contribution is 9.10. The summed E-state index contributed by atoms with van der Waals surface area (Å²) in [5.74, 6) is -2.24. The maximum atomic E-state index is 11.7. The van der Waals surface area contributed by atoms with E-state index in [-0.39, 0.29) is 6.54 Å². The standard InChI is InChI=1S/C10H9BrF3NO2/c11-8-3-1-2-7(6-8)4-5-15-17-9(16)10(12,13)14/h1-3,6,15H,4-5H2. The second kappa shape index (κ2) is 6.02. The summed E-state index contributed by atoms with van der Waals surface area (Å²) in [6, 6.07) is 7.28. The molecule has 0 aliphatic carbocycles. The first-order valence-electron chi connectivity index (χ1n) is 4.65. The summed E-state index contributed by atoms with van der Waals surface area (Å²) in [5, 5.41) is 0. The molecular weight excluding hydrogens is 303 g/mol. The molecule has 0 amide bonds. The first kappa shape index (κ1) is 14.0. The molecule has 0 fully saturated rings. The molecule has 0 radical (unpaired) electrons. The van der Waals surface area contributed by atoms with E-state index in [1.54, 1.807) is 6.07 Å². The third-order valence-corrected chi connectivity index (χ3v) is 2.29. The van der Waals surface area contributed by atoms with E-state index in [2.05, 4.69) is 20.8 Å². The van der Waals surface area contributed by atoms with Gasteiger partial charge in [-0.2, -0.15) is 18.7 Å². The van der Waals surface area contributed by atoms with E-state index in [0.717, 1.165) is 10.0 Å². The number of alkyl halides is 3. The molecule has 0 aliphatic rings. The fraction of sp³-hybridized carbons (Fsp3) is 0.300. The monoisotopic (exact) mass is 311 g/mol. The maximum Gasteiger partial charge on any atom is 0.492 e. The second-order valence-electron chi connectivity index (χ2n) is 3.16. The molecule has 1 N–H and O–H groups in total. The summed E-state index contributed by atoms with van der Waals surface area (Å²) in [6.45, 7) is 0.109. The van der Waals surface area contributed by atoms with Gasteiger partial charge >= 0.3 is 12.1 Å². The number of hydrogen-bond acceptors (Lipinski definition) is 3. The van der Waals surface area contributed by atoms with Gasteiger partial charge in [0.1, 0.15) is 0 Å².